The van der Waals surface area contributed by atoms with Gasteiger partial charge in [-0.25, -0.2) is 13.1 Å². The van der Waals surface area contributed by atoms with Crippen molar-refractivity contribution < 1.29 is 13.2 Å². The summed E-state index contributed by atoms with van der Waals surface area (Å²) in [6, 6.07) is 13.6. The number of nitrogens with zero attached hydrogens (tertiary/aromatic N) is 1. The van der Waals surface area contributed by atoms with Gasteiger partial charge in [-0.1, -0.05) is 18.2 Å². The van der Waals surface area contributed by atoms with E-state index in [1.54, 1.807) is 35.7 Å². The van der Waals surface area contributed by atoms with Crippen LogP contribution in [0.4, 0.5) is 0 Å². The van der Waals surface area contributed by atoms with E-state index in [9.17, 15) is 13.2 Å². The number of Topliss-reactive ketones (excluding diaryl/α,β-unsaturated/α-hetero) is 1. The number of nitrogens with one attached hydrogen (secondary N) is 1. The van der Waals surface area contributed by atoms with Crippen molar-refractivity contribution in [3.8, 4) is 10.6 Å². The zero-order valence-electron chi connectivity index (χ0n) is 13.5. The fourth-order valence-electron chi connectivity index (χ4n) is 2.29. The van der Waals surface area contributed by atoms with Crippen LogP contribution in [-0.4, -0.2) is 19.2 Å². The van der Waals surface area contributed by atoms with Crippen LogP contribution in [0.5, 0.6) is 0 Å². The number of ketones is 1. The zero-order valence-corrected chi connectivity index (χ0v) is 15.1. The first kappa shape index (κ1) is 17.5. The van der Waals surface area contributed by atoms with Gasteiger partial charge in [-0.05, 0) is 48.2 Å². The summed E-state index contributed by atoms with van der Waals surface area (Å²) in [4.78, 5) is 16.8. The molecule has 3 aromatic rings. The van der Waals surface area contributed by atoms with Crippen molar-refractivity contribution in [2.75, 3.05) is 0 Å². The third kappa shape index (κ3) is 4.19. The van der Waals surface area contributed by atoms with E-state index in [0.717, 1.165) is 16.1 Å². The molecule has 0 radical (unpaired) electrons. The van der Waals surface area contributed by atoms with Crippen molar-refractivity contribution in [1.29, 1.82) is 0 Å². The molecule has 0 spiro atoms. The van der Waals surface area contributed by atoms with Gasteiger partial charge in [0.15, 0.2) is 5.78 Å². The molecular formula is C18H16N2O3S2. The highest BCUT2D eigenvalue weighted by molar-refractivity contribution is 7.89. The minimum atomic E-state index is -3.70. The summed E-state index contributed by atoms with van der Waals surface area (Å²) < 4.78 is 27.5. The minimum Gasteiger partial charge on any atom is -0.295 e. The van der Waals surface area contributed by atoms with Crippen molar-refractivity contribution in [1.82, 2.24) is 9.71 Å². The molecule has 0 saturated heterocycles. The third-order valence-electron chi connectivity index (χ3n) is 3.62. The predicted molar refractivity (Wildman–Crippen MR) is 98.0 cm³/mol. The molecule has 0 saturated carbocycles. The number of pyridine rings is 1. The molecule has 1 N–H and O–H groups in total. The Morgan fingerprint density at radius 3 is 2.72 bits per heavy atom. The van der Waals surface area contributed by atoms with E-state index in [0.29, 0.717) is 5.56 Å². The smallest absolute Gasteiger partial charge is 0.240 e. The van der Waals surface area contributed by atoms with E-state index in [2.05, 4.69) is 9.71 Å². The molecule has 2 heterocycles. The Balaban J connectivity index is 1.78. The van der Waals surface area contributed by atoms with Crippen LogP contribution >= 0.6 is 11.3 Å². The summed E-state index contributed by atoms with van der Waals surface area (Å²) in [5, 5.41) is 1.97. The maximum atomic E-state index is 12.5. The lowest BCUT2D eigenvalue weighted by Crippen LogP contribution is -2.23. The van der Waals surface area contributed by atoms with Crippen LogP contribution in [0.1, 0.15) is 22.8 Å². The SMILES string of the molecule is CC(=O)c1cccc(S(=O)(=O)NCc2ccnc(-c3cccs3)c2)c1. The highest BCUT2D eigenvalue weighted by Crippen LogP contribution is 2.23. The normalized spacial score (nSPS) is 11.4. The van der Waals surface area contributed by atoms with Gasteiger partial charge < -0.3 is 0 Å². The molecule has 0 bridgehead atoms. The van der Waals surface area contributed by atoms with Gasteiger partial charge in [0.25, 0.3) is 0 Å². The Hall–Kier alpha value is -2.35. The number of hydrogen-bond donors (Lipinski definition) is 1. The molecule has 0 aliphatic heterocycles. The van der Waals surface area contributed by atoms with Gasteiger partial charge in [-0.15, -0.1) is 11.3 Å². The van der Waals surface area contributed by atoms with Gasteiger partial charge in [0.05, 0.1) is 15.5 Å². The molecule has 0 aliphatic rings. The van der Waals surface area contributed by atoms with Crippen molar-refractivity contribution in [2.24, 2.45) is 0 Å². The van der Waals surface area contributed by atoms with Crippen LogP contribution in [0.2, 0.25) is 0 Å². The third-order valence-corrected chi connectivity index (χ3v) is 5.91. The fraction of sp³-hybridized carbons (Fsp3) is 0.111. The second-order valence-electron chi connectivity index (χ2n) is 5.44. The van der Waals surface area contributed by atoms with Crippen molar-refractivity contribution in [2.45, 2.75) is 18.4 Å². The van der Waals surface area contributed by atoms with Gasteiger partial charge in [0, 0.05) is 18.3 Å². The fourth-order valence-corrected chi connectivity index (χ4v) is 4.04. The van der Waals surface area contributed by atoms with E-state index in [-0.39, 0.29) is 17.2 Å². The minimum absolute atomic E-state index is 0.0766. The second-order valence-corrected chi connectivity index (χ2v) is 8.15. The number of benzene rings is 1. The summed E-state index contributed by atoms with van der Waals surface area (Å²) in [6.07, 6.45) is 1.66. The number of carbonyl (C=O) groups excluding carboxylic acids is 1. The van der Waals surface area contributed by atoms with Gasteiger partial charge in [-0.3, -0.25) is 9.78 Å². The molecule has 0 atom stereocenters. The van der Waals surface area contributed by atoms with Gasteiger partial charge in [-0.2, -0.15) is 0 Å². The maximum Gasteiger partial charge on any atom is 0.240 e. The second kappa shape index (κ2) is 7.26. The predicted octanol–water partition coefficient (Wildman–Crippen LogP) is 3.49. The van der Waals surface area contributed by atoms with Crippen molar-refractivity contribution in [3.05, 3.63) is 71.2 Å². The molecule has 128 valence electrons. The van der Waals surface area contributed by atoms with Crippen molar-refractivity contribution in [3.63, 3.8) is 0 Å². The first-order chi connectivity index (χ1) is 12.0. The van der Waals surface area contributed by atoms with E-state index in [1.165, 1.54) is 19.1 Å². The van der Waals surface area contributed by atoms with Crippen LogP contribution in [0, 0.1) is 0 Å². The van der Waals surface area contributed by atoms with E-state index < -0.39 is 10.0 Å². The van der Waals surface area contributed by atoms with Crippen LogP contribution in [0.25, 0.3) is 10.6 Å². The van der Waals surface area contributed by atoms with Crippen LogP contribution < -0.4 is 4.72 Å². The van der Waals surface area contributed by atoms with Crippen LogP contribution in [0.15, 0.2) is 65.0 Å². The summed E-state index contributed by atoms with van der Waals surface area (Å²) in [5.41, 5.74) is 1.99. The zero-order chi connectivity index (χ0) is 17.9. The van der Waals surface area contributed by atoms with Gasteiger partial charge >= 0.3 is 0 Å². The number of hydrogen-bond acceptors (Lipinski definition) is 5. The van der Waals surface area contributed by atoms with Crippen LogP contribution in [0.3, 0.4) is 0 Å². The molecule has 0 unspecified atom stereocenters. The molecule has 25 heavy (non-hydrogen) atoms. The first-order valence-corrected chi connectivity index (χ1v) is 9.91. The Kier molecular flexibility index (Phi) is 5.08. The highest BCUT2D eigenvalue weighted by Gasteiger charge is 2.15. The lowest BCUT2D eigenvalue weighted by atomic mass is 10.2. The van der Waals surface area contributed by atoms with Gasteiger partial charge in [0.1, 0.15) is 0 Å². The molecule has 0 aliphatic carbocycles. The Morgan fingerprint density at radius 1 is 1.16 bits per heavy atom. The van der Waals surface area contributed by atoms with E-state index >= 15 is 0 Å². The summed E-state index contributed by atoms with van der Waals surface area (Å²) in [7, 11) is -3.70. The molecular weight excluding hydrogens is 356 g/mol. The monoisotopic (exact) mass is 372 g/mol. The topological polar surface area (TPSA) is 76.1 Å². The quantitative estimate of drug-likeness (QED) is 0.672. The molecule has 2 aromatic heterocycles. The molecule has 0 fully saturated rings. The number of rotatable bonds is 6. The van der Waals surface area contributed by atoms with Crippen LogP contribution in [-0.2, 0) is 16.6 Å². The number of sulfonamides is 1. The summed E-state index contributed by atoms with van der Waals surface area (Å²) >= 11 is 1.58. The van der Waals surface area contributed by atoms with E-state index in [4.69, 9.17) is 0 Å². The summed E-state index contributed by atoms with van der Waals surface area (Å²) in [5.74, 6) is -0.174. The largest absolute Gasteiger partial charge is 0.295 e. The number of carbonyl (C=O) groups is 1. The maximum absolute atomic E-state index is 12.5. The number of aromatic nitrogens is 1. The Labute approximate surface area is 150 Å². The molecule has 3 rings (SSSR count). The molecule has 0 amide bonds. The molecule has 7 heteroatoms. The lowest BCUT2D eigenvalue weighted by Gasteiger charge is -2.08. The van der Waals surface area contributed by atoms with Gasteiger partial charge in [0.2, 0.25) is 10.0 Å². The first-order valence-electron chi connectivity index (χ1n) is 7.55. The number of thiophene rings is 1. The summed E-state index contributed by atoms with van der Waals surface area (Å²) in [6.45, 7) is 1.55. The van der Waals surface area contributed by atoms with E-state index in [1.807, 2.05) is 23.6 Å². The van der Waals surface area contributed by atoms with Crippen molar-refractivity contribution >= 4 is 27.1 Å². The lowest BCUT2D eigenvalue weighted by molar-refractivity contribution is 0.101. The molecule has 1 aromatic carbocycles. The average molecular weight is 372 g/mol. The highest BCUT2D eigenvalue weighted by atomic mass is 32.2. The Morgan fingerprint density at radius 2 is 2.00 bits per heavy atom. The average Bonchev–Trinajstić information content (AvgIpc) is 3.15. The Bertz CT molecular complexity index is 997. The standard InChI is InChI=1S/C18H16N2O3S2/c1-13(21)15-4-2-5-16(11-15)25(22,23)20-12-14-7-8-19-17(10-14)18-6-3-9-24-18/h2-11,20H,12H2,1H3. The molecule has 5 nitrogen and oxygen atoms in total.